The summed E-state index contributed by atoms with van der Waals surface area (Å²) in [4.78, 5) is 15.7. The molecule has 2 N–H and O–H groups in total. The highest BCUT2D eigenvalue weighted by molar-refractivity contribution is 6.45. The third-order valence-corrected chi connectivity index (χ3v) is 4.93. The van der Waals surface area contributed by atoms with Gasteiger partial charge in [-0.2, -0.15) is 0 Å². The fourth-order valence-corrected chi connectivity index (χ4v) is 3.52. The zero-order valence-electron chi connectivity index (χ0n) is 15.5. The summed E-state index contributed by atoms with van der Waals surface area (Å²) in [7, 11) is 1.14. The SMILES string of the molecule is COc1ncc(-c2cnc3ccccn23)nc1N[C@@H]1CCCN(B(C)O)C1. The summed E-state index contributed by atoms with van der Waals surface area (Å²) in [6.45, 7) is 3.46. The lowest BCUT2D eigenvalue weighted by atomic mass is 9.82. The van der Waals surface area contributed by atoms with Crippen LogP contribution in [0.2, 0.25) is 6.82 Å². The fraction of sp³-hybridized carbons (Fsp3) is 0.389. The molecule has 1 aliphatic rings. The summed E-state index contributed by atoms with van der Waals surface area (Å²) in [5.41, 5.74) is 2.46. The molecule has 9 heteroatoms. The molecule has 3 aromatic rings. The minimum absolute atomic E-state index is 0.175. The Morgan fingerprint density at radius 2 is 2.19 bits per heavy atom. The van der Waals surface area contributed by atoms with E-state index in [0.717, 1.165) is 43.0 Å². The van der Waals surface area contributed by atoms with Gasteiger partial charge in [-0.25, -0.2) is 15.0 Å². The number of methoxy groups -OCH3 is 1. The quantitative estimate of drug-likeness (QED) is 0.666. The van der Waals surface area contributed by atoms with Crippen LogP contribution in [-0.2, 0) is 0 Å². The Morgan fingerprint density at radius 3 is 3.00 bits per heavy atom. The van der Waals surface area contributed by atoms with Crippen LogP contribution in [0.25, 0.3) is 17.0 Å². The van der Waals surface area contributed by atoms with Crippen LogP contribution in [-0.4, -0.2) is 62.5 Å². The van der Waals surface area contributed by atoms with Crippen molar-refractivity contribution >= 4 is 18.5 Å². The number of piperidine rings is 1. The number of rotatable bonds is 5. The van der Waals surface area contributed by atoms with Gasteiger partial charge in [-0.15, -0.1) is 0 Å². The van der Waals surface area contributed by atoms with E-state index in [1.165, 1.54) is 0 Å². The molecule has 0 radical (unpaired) electrons. The number of anilines is 1. The van der Waals surface area contributed by atoms with Crippen molar-refractivity contribution in [3.8, 4) is 17.3 Å². The van der Waals surface area contributed by atoms with Gasteiger partial charge in [0.25, 0.3) is 5.88 Å². The lowest BCUT2D eigenvalue weighted by Gasteiger charge is -2.34. The standard InChI is InChI=1S/C18H23BN6O2/c1-19(26)24-8-5-6-13(12-24)22-17-18(27-2)21-10-14(23-17)15-11-20-16-7-3-4-9-25(15)16/h3-4,7,9-11,13,26H,5-6,8,12H2,1-2H3,(H,22,23)/t13-/m1/s1. The normalized spacial score (nSPS) is 17.8. The monoisotopic (exact) mass is 366 g/mol. The number of aromatic nitrogens is 4. The Morgan fingerprint density at radius 1 is 1.30 bits per heavy atom. The number of hydrogen-bond donors (Lipinski definition) is 2. The van der Waals surface area contributed by atoms with Gasteiger partial charge >= 0.3 is 7.05 Å². The van der Waals surface area contributed by atoms with Crippen molar-refractivity contribution in [3.05, 3.63) is 36.8 Å². The molecule has 1 aliphatic heterocycles. The number of fused-ring (bicyclic) bond motifs is 1. The molecule has 140 valence electrons. The van der Waals surface area contributed by atoms with Crippen molar-refractivity contribution < 1.29 is 9.76 Å². The van der Waals surface area contributed by atoms with E-state index in [2.05, 4.69) is 20.1 Å². The molecule has 1 atom stereocenters. The van der Waals surface area contributed by atoms with Crippen LogP contribution < -0.4 is 10.1 Å². The summed E-state index contributed by atoms with van der Waals surface area (Å²) in [5, 5.41) is 13.3. The highest BCUT2D eigenvalue weighted by atomic mass is 16.5. The van der Waals surface area contributed by atoms with Gasteiger partial charge in [0.15, 0.2) is 5.82 Å². The second-order valence-corrected chi connectivity index (χ2v) is 6.80. The van der Waals surface area contributed by atoms with Crippen molar-refractivity contribution in [2.24, 2.45) is 0 Å². The van der Waals surface area contributed by atoms with Crippen molar-refractivity contribution in [2.75, 3.05) is 25.5 Å². The van der Waals surface area contributed by atoms with Gasteiger partial charge in [0, 0.05) is 18.8 Å². The van der Waals surface area contributed by atoms with Gasteiger partial charge in [0.05, 0.1) is 25.2 Å². The Bertz CT molecular complexity index is 931. The zero-order chi connectivity index (χ0) is 18.8. The average molecular weight is 366 g/mol. The third kappa shape index (κ3) is 3.60. The Labute approximate surface area is 158 Å². The van der Waals surface area contributed by atoms with Crippen LogP contribution in [0, 0.1) is 0 Å². The largest absolute Gasteiger partial charge is 0.478 e. The molecule has 4 rings (SSSR count). The lowest BCUT2D eigenvalue weighted by molar-refractivity contribution is 0.294. The van der Waals surface area contributed by atoms with Crippen LogP contribution in [0.5, 0.6) is 5.88 Å². The van der Waals surface area contributed by atoms with Crippen molar-refractivity contribution in [1.82, 2.24) is 24.2 Å². The minimum atomic E-state index is -0.452. The fourth-order valence-electron chi connectivity index (χ4n) is 3.52. The topological polar surface area (TPSA) is 87.8 Å². The van der Waals surface area contributed by atoms with Gasteiger partial charge in [-0.3, -0.25) is 4.40 Å². The predicted molar refractivity (Wildman–Crippen MR) is 105 cm³/mol. The van der Waals surface area contributed by atoms with Crippen LogP contribution in [0.3, 0.4) is 0 Å². The number of ether oxygens (including phenoxy) is 1. The van der Waals surface area contributed by atoms with E-state index < -0.39 is 7.05 Å². The van der Waals surface area contributed by atoms with Crippen molar-refractivity contribution in [2.45, 2.75) is 25.7 Å². The third-order valence-electron chi connectivity index (χ3n) is 4.93. The molecule has 0 saturated carbocycles. The summed E-state index contributed by atoms with van der Waals surface area (Å²) in [6, 6.07) is 6.04. The molecule has 1 fully saturated rings. The van der Waals surface area contributed by atoms with Crippen LogP contribution >= 0.6 is 0 Å². The Kier molecular flexibility index (Phi) is 4.95. The summed E-state index contributed by atoms with van der Waals surface area (Å²) >= 11 is 0. The number of hydrogen-bond acceptors (Lipinski definition) is 7. The van der Waals surface area contributed by atoms with E-state index in [-0.39, 0.29) is 6.04 Å². The second-order valence-electron chi connectivity index (χ2n) is 6.80. The first-order chi connectivity index (χ1) is 13.2. The van der Waals surface area contributed by atoms with E-state index in [1.807, 2.05) is 28.8 Å². The minimum Gasteiger partial charge on any atom is -0.478 e. The molecule has 0 aliphatic carbocycles. The molecule has 0 aromatic carbocycles. The number of pyridine rings is 1. The maximum absolute atomic E-state index is 9.87. The maximum atomic E-state index is 9.87. The Hall–Kier alpha value is -2.65. The number of nitrogens with zero attached hydrogens (tertiary/aromatic N) is 5. The molecule has 0 unspecified atom stereocenters. The summed E-state index contributed by atoms with van der Waals surface area (Å²) in [6.07, 6.45) is 7.48. The second kappa shape index (κ2) is 7.54. The average Bonchev–Trinajstić information content (AvgIpc) is 3.12. The predicted octanol–water partition coefficient (Wildman–Crippen LogP) is 1.79. The van der Waals surface area contributed by atoms with Gasteiger partial charge in [-0.1, -0.05) is 6.07 Å². The number of imidazole rings is 1. The molecule has 1 saturated heterocycles. The van der Waals surface area contributed by atoms with Gasteiger partial charge < -0.3 is 19.9 Å². The van der Waals surface area contributed by atoms with Gasteiger partial charge in [-0.05, 0) is 38.3 Å². The molecule has 4 heterocycles. The summed E-state index contributed by atoms with van der Waals surface area (Å²) in [5.74, 6) is 1.07. The van der Waals surface area contributed by atoms with E-state index >= 15 is 0 Å². The maximum Gasteiger partial charge on any atom is 0.376 e. The van der Waals surface area contributed by atoms with Gasteiger partial charge in [0.2, 0.25) is 0 Å². The number of nitrogens with one attached hydrogen (secondary N) is 1. The van der Waals surface area contributed by atoms with Crippen LogP contribution in [0.15, 0.2) is 36.8 Å². The molecule has 8 nitrogen and oxygen atoms in total. The first kappa shape index (κ1) is 17.8. The highest BCUT2D eigenvalue weighted by Crippen LogP contribution is 2.26. The van der Waals surface area contributed by atoms with Crippen molar-refractivity contribution in [3.63, 3.8) is 0 Å². The first-order valence-corrected chi connectivity index (χ1v) is 9.18. The van der Waals surface area contributed by atoms with Gasteiger partial charge in [0.1, 0.15) is 11.3 Å². The molecule has 3 aromatic heterocycles. The van der Waals surface area contributed by atoms with Crippen LogP contribution in [0.1, 0.15) is 12.8 Å². The van der Waals surface area contributed by atoms with Crippen LogP contribution in [0.4, 0.5) is 5.82 Å². The van der Waals surface area contributed by atoms with E-state index in [1.54, 1.807) is 26.3 Å². The molecule has 0 spiro atoms. The van der Waals surface area contributed by atoms with E-state index in [0.29, 0.717) is 11.7 Å². The van der Waals surface area contributed by atoms with E-state index in [9.17, 15) is 5.02 Å². The molecule has 0 amide bonds. The smallest absolute Gasteiger partial charge is 0.376 e. The Balaban J connectivity index is 1.63. The summed E-state index contributed by atoms with van der Waals surface area (Å²) < 4.78 is 7.38. The molecule has 0 bridgehead atoms. The molecule has 27 heavy (non-hydrogen) atoms. The zero-order valence-corrected chi connectivity index (χ0v) is 15.5. The highest BCUT2D eigenvalue weighted by Gasteiger charge is 2.26. The van der Waals surface area contributed by atoms with E-state index in [4.69, 9.17) is 9.72 Å². The first-order valence-electron chi connectivity index (χ1n) is 9.18. The molecular formula is C18H23BN6O2. The lowest BCUT2D eigenvalue weighted by Crippen LogP contribution is -2.48. The van der Waals surface area contributed by atoms with Crippen molar-refractivity contribution in [1.29, 1.82) is 0 Å². The molecular weight excluding hydrogens is 343 g/mol.